The molecule has 1 unspecified atom stereocenters. The molecule has 1 atom stereocenters. The van der Waals surface area contributed by atoms with Crippen molar-refractivity contribution >= 4 is 0 Å². The highest BCUT2D eigenvalue weighted by Crippen LogP contribution is 2.33. The molecule has 1 fully saturated rings. The number of nitrogens with zero attached hydrogens (tertiary/aromatic N) is 2. The van der Waals surface area contributed by atoms with Gasteiger partial charge < -0.3 is 5.32 Å². The van der Waals surface area contributed by atoms with Crippen molar-refractivity contribution in [3.8, 4) is 0 Å². The first kappa shape index (κ1) is 12.5. The molecule has 94 valence electrons. The highest BCUT2D eigenvalue weighted by Gasteiger charge is 2.23. The van der Waals surface area contributed by atoms with Gasteiger partial charge in [0.1, 0.15) is 0 Å². The second-order valence-electron chi connectivity index (χ2n) is 4.96. The van der Waals surface area contributed by atoms with Crippen LogP contribution >= 0.6 is 0 Å². The van der Waals surface area contributed by atoms with Crippen molar-refractivity contribution in [3.05, 3.63) is 24.0 Å². The van der Waals surface area contributed by atoms with Crippen molar-refractivity contribution in [1.29, 1.82) is 0 Å². The van der Waals surface area contributed by atoms with Crippen molar-refractivity contribution in [2.75, 3.05) is 6.54 Å². The van der Waals surface area contributed by atoms with E-state index in [1.165, 1.54) is 44.1 Å². The molecule has 0 aliphatic heterocycles. The lowest BCUT2D eigenvalue weighted by molar-refractivity contribution is 0.329. The Balaban J connectivity index is 2.10. The third-order valence-electron chi connectivity index (χ3n) is 3.76. The van der Waals surface area contributed by atoms with Crippen LogP contribution in [0, 0.1) is 5.92 Å². The van der Waals surface area contributed by atoms with Crippen LogP contribution in [-0.2, 0) is 0 Å². The normalized spacial score (nSPS) is 19.8. The molecule has 1 aliphatic carbocycles. The Morgan fingerprint density at radius 2 is 2.00 bits per heavy atom. The molecule has 1 saturated carbocycles. The van der Waals surface area contributed by atoms with Crippen LogP contribution in [0.5, 0.6) is 0 Å². The van der Waals surface area contributed by atoms with E-state index in [2.05, 4.69) is 28.5 Å². The average molecular weight is 233 g/mol. The summed E-state index contributed by atoms with van der Waals surface area (Å²) in [6, 6.07) is 2.57. The van der Waals surface area contributed by atoms with E-state index in [4.69, 9.17) is 0 Å². The summed E-state index contributed by atoms with van der Waals surface area (Å²) in [6.07, 6.45) is 12.0. The summed E-state index contributed by atoms with van der Waals surface area (Å²) in [7, 11) is 0. The predicted octanol–water partition coefficient (Wildman–Crippen LogP) is 3.10. The Kier molecular flexibility index (Phi) is 4.92. The van der Waals surface area contributed by atoms with Gasteiger partial charge in [-0.2, -0.15) is 10.2 Å². The van der Waals surface area contributed by atoms with Gasteiger partial charge in [0.15, 0.2) is 0 Å². The summed E-state index contributed by atoms with van der Waals surface area (Å²) in [4.78, 5) is 0. The second kappa shape index (κ2) is 6.70. The van der Waals surface area contributed by atoms with Gasteiger partial charge in [-0.25, -0.2) is 0 Å². The zero-order valence-corrected chi connectivity index (χ0v) is 10.7. The molecule has 1 heterocycles. The summed E-state index contributed by atoms with van der Waals surface area (Å²) in [6.45, 7) is 3.20. The molecule has 3 nitrogen and oxygen atoms in total. The number of hydrogen-bond donors (Lipinski definition) is 1. The molecule has 0 saturated heterocycles. The maximum absolute atomic E-state index is 4.02. The minimum Gasteiger partial charge on any atom is -0.310 e. The molecule has 0 bridgehead atoms. The number of aromatic nitrogens is 2. The first-order valence-corrected chi connectivity index (χ1v) is 6.91. The lowest BCUT2D eigenvalue weighted by Crippen LogP contribution is -2.28. The van der Waals surface area contributed by atoms with Crippen LogP contribution in [0.2, 0.25) is 0 Å². The second-order valence-corrected chi connectivity index (χ2v) is 4.96. The molecule has 17 heavy (non-hydrogen) atoms. The zero-order chi connectivity index (χ0) is 11.9. The standard InChI is InChI=1S/C14H23N3/c1-2-15-14(13-9-10-16-17-11-13)12-7-5-3-4-6-8-12/h9-12,14-15H,2-8H2,1H3. The summed E-state index contributed by atoms with van der Waals surface area (Å²) in [5.74, 6) is 0.765. The molecule has 0 amide bonds. The maximum Gasteiger partial charge on any atom is 0.0544 e. The summed E-state index contributed by atoms with van der Waals surface area (Å²) >= 11 is 0. The van der Waals surface area contributed by atoms with Gasteiger partial charge in [-0.1, -0.05) is 32.6 Å². The van der Waals surface area contributed by atoms with Crippen LogP contribution in [0.3, 0.4) is 0 Å². The highest BCUT2D eigenvalue weighted by molar-refractivity contribution is 5.13. The van der Waals surface area contributed by atoms with Crippen molar-refractivity contribution in [2.24, 2.45) is 5.92 Å². The van der Waals surface area contributed by atoms with Crippen LogP contribution in [0.4, 0.5) is 0 Å². The van der Waals surface area contributed by atoms with Gasteiger partial charge in [-0.3, -0.25) is 0 Å². The van der Waals surface area contributed by atoms with E-state index in [-0.39, 0.29) is 0 Å². The first-order chi connectivity index (χ1) is 8.42. The highest BCUT2D eigenvalue weighted by atomic mass is 15.1. The number of rotatable bonds is 4. The summed E-state index contributed by atoms with van der Waals surface area (Å²) < 4.78 is 0. The van der Waals surface area contributed by atoms with Crippen molar-refractivity contribution < 1.29 is 0 Å². The van der Waals surface area contributed by atoms with Gasteiger partial charge >= 0.3 is 0 Å². The van der Waals surface area contributed by atoms with E-state index in [0.29, 0.717) is 6.04 Å². The zero-order valence-electron chi connectivity index (χ0n) is 10.7. The van der Waals surface area contributed by atoms with E-state index in [1.54, 1.807) is 6.20 Å². The topological polar surface area (TPSA) is 37.8 Å². The summed E-state index contributed by atoms with van der Waals surface area (Å²) in [5.41, 5.74) is 1.30. The molecule has 1 N–H and O–H groups in total. The Labute approximate surface area is 104 Å². The van der Waals surface area contributed by atoms with Gasteiger partial charge in [0.25, 0.3) is 0 Å². The lowest BCUT2D eigenvalue weighted by Gasteiger charge is -2.27. The maximum atomic E-state index is 4.02. The average Bonchev–Trinajstić information content (AvgIpc) is 2.66. The predicted molar refractivity (Wildman–Crippen MR) is 69.6 cm³/mol. The monoisotopic (exact) mass is 233 g/mol. The minimum absolute atomic E-state index is 0.466. The van der Waals surface area contributed by atoms with Crippen LogP contribution in [0.25, 0.3) is 0 Å². The SMILES string of the molecule is CCNC(c1ccnnc1)C1CCCCCC1. The van der Waals surface area contributed by atoms with Crippen LogP contribution in [0.1, 0.15) is 57.1 Å². The van der Waals surface area contributed by atoms with E-state index in [9.17, 15) is 0 Å². The van der Waals surface area contributed by atoms with Gasteiger partial charge in [0.2, 0.25) is 0 Å². The third-order valence-corrected chi connectivity index (χ3v) is 3.76. The van der Waals surface area contributed by atoms with Gasteiger partial charge in [0, 0.05) is 12.2 Å². The molecule has 1 aromatic rings. The lowest BCUT2D eigenvalue weighted by atomic mass is 9.88. The molecular weight excluding hydrogens is 210 g/mol. The molecule has 3 heteroatoms. The minimum atomic E-state index is 0.466. The molecule has 2 rings (SSSR count). The van der Waals surface area contributed by atoms with Crippen LogP contribution < -0.4 is 5.32 Å². The van der Waals surface area contributed by atoms with E-state index >= 15 is 0 Å². The molecule has 1 aliphatic rings. The smallest absolute Gasteiger partial charge is 0.0544 e. The molecule has 0 spiro atoms. The molecule has 0 radical (unpaired) electrons. The summed E-state index contributed by atoms with van der Waals surface area (Å²) in [5, 5.41) is 11.5. The number of hydrogen-bond acceptors (Lipinski definition) is 3. The quantitative estimate of drug-likeness (QED) is 0.812. The van der Waals surface area contributed by atoms with Crippen molar-refractivity contribution in [1.82, 2.24) is 15.5 Å². The Hall–Kier alpha value is -0.960. The molecule has 1 aromatic heterocycles. The van der Waals surface area contributed by atoms with Crippen LogP contribution in [-0.4, -0.2) is 16.7 Å². The van der Waals surface area contributed by atoms with E-state index in [0.717, 1.165) is 12.5 Å². The van der Waals surface area contributed by atoms with E-state index < -0.39 is 0 Å². The van der Waals surface area contributed by atoms with Crippen LogP contribution in [0.15, 0.2) is 18.5 Å². The Morgan fingerprint density at radius 3 is 2.59 bits per heavy atom. The Morgan fingerprint density at radius 1 is 1.24 bits per heavy atom. The molecule has 0 aromatic carbocycles. The Bertz CT molecular complexity index is 305. The van der Waals surface area contributed by atoms with Gasteiger partial charge in [0.05, 0.1) is 6.20 Å². The molecular formula is C14H23N3. The van der Waals surface area contributed by atoms with E-state index in [1.807, 2.05) is 6.20 Å². The van der Waals surface area contributed by atoms with Gasteiger partial charge in [-0.15, -0.1) is 0 Å². The number of nitrogens with one attached hydrogen (secondary N) is 1. The first-order valence-electron chi connectivity index (χ1n) is 6.91. The van der Waals surface area contributed by atoms with Gasteiger partial charge in [-0.05, 0) is 36.9 Å². The fourth-order valence-corrected chi connectivity index (χ4v) is 2.91. The fraction of sp³-hybridized carbons (Fsp3) is 0.714. The van der Waals surface area contributed by atoms with Crippen molar-refractivity contribution in [2.45, 2.75) is 51.5 Å². The fourth-order valence-electron chi connectivity index (χ4n) is 2.91. The third kappa shape index (κ3) is 3.50. The van der Waals surface area contributed by atoms with Crippen molar-refractivity contribution in [3.63, 3.8) is 0 Å². The largest absolute Gasteiger partial charge is 0.310 e.